The van der Waals surface area contributed by atoms with Crippen molar-refractivity contribution in [3.05, 3.63) is 34.9 Å². The lowest BCUT2D eigenvalue weighted by Gasteiger charge is -2.32. The summed E-state index contributed by atoms with van der Waals surface area (Å²) in [5.41, 5.74) is 4.72. The molecule has 2 rings (SSSR count). The molecule has 1 nitrogen and oxygen atoms in total. The van der Waals surface area contributed by atoms with Gasteiger partial charge in [-0.2, -0.15) is 0 Å². The second-order valence-corrected chi connectivity index (χ2v) is 5.78. The van der Waals surface area contributed by atoms with Crippen molar-refractivity contribution in [2.24, 2.45) is 5.92 Å². The summed E-state index contributed by atoms with van der Waals surface area (Å²) in [6.45, 7) is 9.18. The lowest BCUT2D eigenvalue weighted by molar-refractivity contribution is 0.409. The Morgan fingerprint density at radius 2 is 2.12 bits per heavy atom. The van der Waals surface area contributed by atoms with E-state index >= 15 is 0 Å². The summed E-state index contributed by atoms with van der Waals surface area (Å²) in [6, 6.07) is 8.01. The van der Waals surface area contributed by atoms with E-state index in [9.17, 15) is 0 Å². The van der Waals surface area contributed by atoms with E-state index in [0.717, 1.165) is 5.92 Å². The Hall–Kier alpha value is -0.820. The molecule has 17 heavy (non-hydrogen) atoms. The highest BCUT2D eigenvalue weighted by Gasteiger charge is 2.23. The Morgan fingerprint density at radius 3 is 2.76 bits per heavy atom. The molecule has 1 aliphatic heterocycles. The van der Waals surface area contributed by atoms with Crippen molar-refractivity contribution in [3.8, 4) is 0 Å². The molecule has 0 fully saturated rings. The summed E-state index contributed by atoms with van der Waals surface area (Å²) >= 11 is 0. The maximum atomic E-state index is 3.70. The minimum Gasteiger partial charge on any atom is -0.307 e. The predicted molar refractivity (Wildman–Crippen MR) is 74.3 cm³/mol. The number of fused-ring (bicyclic) bond motifs is 1. The predicted octanol–water partition coefficient (Wildman–Crippen LogP) is 3.87. The Bertz CT molecular complexity index is 381. The lowest BCUT2D eigenvalue weighted by atomic mass is 9.84. The number of rotatable bonds is 3. The number of hydrogen-bond donors (Lipinski definition) is 1. The van der Waals surface area contributed by atoms with Gasteiger partial charge in [0.1, 0.15) is 0 Å². The van der Waals surface area contributed by atoms with Gasteiger partial charge in [-0.15, -0.1) is 0 Å². The van der Waals surface area contributed by atoms with Gasteiger partial charge in [0.15, 0.2) is 0 Å². The van der Waals surface area contributed by atoms with E-state index in [1.165, 1.54) is 24.8 Å². The molecular weight excluding hydrogens is 206 g/mol. The molecule has 2 atom stereocenters. The SMILES string of the molecule is CC[C@H]1Cc2c(CC(C)C)cccc2[C@H](C)N1. The lowest BCUT2D eigenvalue weighted by Crippen LogP contribution is -2.38. The van der Waals surface area contributed by atoms with E-state index in [2.05, 4.69) is 51.2 Å². The molecule has 1 heterocycles. The van der Waals surface area contributed by atoms with E-state index in [-0.39, 0.29) is 0 Å². The maximum Gasteiger partial charge on any atom is 0.0297 e. The molecule has 94 valence electrons. The third kappa shape index (κ3) is 2.71. The quantitative estimate of drug-likeness (QED) is 0.832. The van der Waals surface area contributed by atoms with Gasteiger partial charge in [0.25, 0.3) is 0 Å². The average Bonchev–Trinajstić information content (AvgIpc) is 2.29. The van der Waals surface area contributed by atoms with Crippen LogP contribution in [-0.4, -0.2) is 6.04 Å². The van der Waals surface area contributed by atoms with Crippen LogP contribution in [0.5, 0.6) is 0 Å². The van der Waals surface area contributed by atoms with Crippen LogP contribution in [0.3, 0.4) is 0 Å². The minimum absolute atomic E-state index is 0.510. The van der Waals surface area contributed by atoms with Gasteiger partial charge in [-0.25, -0.2) is 0 Å². The molecule has 0 saturated heterocycles. The normalized spacial score (nSPS) is 23.8. The Kier molecular flexibility index (Phi) is 3.88. The van der Waals surface area contributed by atoms with E-state index < -0.39 is 0 Å². The van der Waals surface area contributed by atoms with E-state index in [0.29, 0.717) is 12.1 Å². The fourth-order valence-electron chi connectivity index (χ4n) is 2.95. The van der Waals surface area contributed by atoms with Crippen molar-refractivity contribution < 1.29 is 0 Å². The fraction of sp³-hybridized carbons (Fsp3) is 0.625. The van der Waals surface area contributed by atoms with Gasteiger partial charge in [0.05, 0.1) is 0 Å². The van der Waals surface area contributed by atoms with Crippen molar-refractivity contribution >= 4 is 0 Å². The first kappa shape index (κ1) is 12.6. The van der Waals surface area contributed by atoms with Crippen molar-refractivity contribution in [1.82, 2.24) is 5.32 Å². The summed E-state index contributed by atoms with van der Waals surface area (Å²) in [7, 11) is 0. The molecule has 0 spiro atoms. The van der Waals surface area contributed by atoms with Crippen LogP contribution in [0.25, 0.3) is 0 Å². The topological polar surface area (TPSA) is 12.0 Å². The highest BCUT2D eigenvalue weighted by atomic mass is 15.0. The van der Waals surface area contributed by atoms with Crippen LogP contribution in [0, 0.1) is 5.92 Å². The summed E-state index contributed by atoms with van der Waals surface area (Å²) < 4.78 is 0. The van der Waals surface area contributed by atoms with Crippen molar-refractivity contribution in [3.63, 3.8) is 0 Å². The summed E-state index contributed by atoms with van der Waals surface area (Å²) in [6.07, 6.45) is 3.64. The minimum atomic E-state index is 0.510. The Balaban J connectivity index is 2.34. The van der Waals surface area contributed by atoms with Crippen molar-refractivity contribution in [1.29, 1.82) is 0 Å². The van der Waals surface area contributed by atoms with Gasteiger partial charge < -0.3 is 5.32 Å². The Morgan fingerprint density at radius 1 is 1.35 bits per heavy atom. The molecule has 0 amide bonds. The van der Waals surface area contributed by atoms with Crippen LogP contribution >= 0.6 is 0 Å². The highest BCUT2D eigenvalue weighted by molar-refractivity contribution is 5.40. The standard InChI is InChI=1S/C16H25N/c1-5-14-10-16-13(9-11(2)3)7-6-8-15(16)12(4)17-14/h6-8,11-12,14,17H,5,9-10H2,1-4H3/t12-,14-/m0/s1. The first-order chi connectivity index (χ1) is 8.11. The first-order valence-corrected chi connectivity index (χ1v) is 6.98. The van der Waals surface area contributed by atoms with Crippen LogP contribution in [0.4, 0.5) is 0 Å². The summed E-state index contributed by atoms with van der Waals surface area (Å²) in [5, 5.41) is 3.70. The fourth-order valence-corrected chi connectivity index (χ4v) is 2.95. The highest BCUT2D eigenvalue weighted by Crippen LogP contribution is 2.29. The Labute approximate surface area is 106 Å². The van der Waals surface area contributed by atoms with Crippen LogP contribution < -0.4 is 5.32 Å². The molecule has 1 N–H and O–H groups in total. The second kappa shape index (κ2) is 5.22. The van der Waals surface area contributed by atoms with Gasteiger partial charge in [-0.1, -0.05) is 39.0 Å². The van der Waals surface area contributed by atoms with Crippen LogP contribution in [0.1, 0.15) is 56.8 Å². The molecule has 0 unspecified atom stereocenters. The molecule has 0 saturated carbocycles. The molecule has 1 aromatic carbocycles. The van der Waals surface area contributed by atoms with Gasteiger partial charge >= 0.3 is 0 Å². The van der Waals surface area contributed by atoms with Crippen LogP contribution in [-0.2, 0) is 12.8 Å². The third-order valence-corrected chi connectivity index (χ3v) is 3.83. The van der Waals surface area contributed by atoms with E-state index in [1.807, 2.05) is 0 Å². The molecule has 1 aromatic rings. The number of benzene rings is 1. The monoisotopic (exact) mass is 231 g/mol. The molecule has 0 aliphatic carbocycles. The second-order valence-electron chi connectivity index (χ2n) is 5.78. The van der Waals surface area contributed by atoms with Crippen molar-refractivity contribution in [2.75, 3.05) is 0 Å². The van der Waals surface area contributed by atoms with Gasteiger partial charge in [0, 0.05) is 12.1 Å². The molecule has 0 radical (unpaired) electrons. The average molecular weight is 231 g/mol. The zero-order valence-corrected chi connectivity index (χ0v) is 11.6. The first-order valence-electron chi connectivity index (χ1n) is 6.98. The third-order valence-electron chi connectivity index (χ3n) is 3.83. The molecule has 1 aliphatic rings. The number of hydrogen-bond acceptors (Lipinski definition) is 1. The van der Waals surface area contributed by atoms with E-state index in [1.54, 1.807) is 11.1 Å². The molecule has 0 aromatic heterocycles. The molecular formula is C16H25N. The van der Waals surface area contributed by atoms with Gasteiger partial charge in [-0.05, 0) is 48.8 Å². The summed E-state index contributed by atoms with van der Waals surface area (Å²) in [5.74, 6) is 0.742. The van der Waals surface area contributed by atoms with Gasteiger partial charge in [0.2, 0.25) is 0 Å². The summed E-state index contributed by atoms with van der Waals surface area (Å²) in [4.78, 5) is 0. The van der Waals surface area contributed by atoms with Crippen molar-refractivity contribution in [2.45, 2.75) is 59.0 Å². The largest absolute Gasteiger partial charge is 0.307 e. The van der Waals surface area contributed by atoms with Gasteiger partial charge in [-0.3, -0.25) is 0 Å². The van der Waals surface area contributed by atoms with E-state index in [4.69, 9.17) is 0 Å². The molecule has 0 bridgehead atoms. The van der Waals surface area contributed by atoms with Crippen LogP contribution in [0.15, 0.2) is 18.2 Å². The maximum absolute atomic E-state index is 3.70. The smallest absolute Gasteiger partial charge is 0.0297 e. The number of nitrogens with one attached hydrogen (secondary N) is 1. The molecule has 1 heteroatoms. The zero-order chi connectivity index (χ0) is 12.4. The zero-order valence-electron chi connectivity index (χ0n) is 11.6. The van der Waals surface area contributed by atoms with Crippen LogP contribution in [0.2, 0.25) is 0 Å².